The first-order valence-electron chi connectivity index (χ1n) is 0.553. The van der Waals surface area contributed by atoms with Crippen molar-refractivity contribution in [2.75, 3.05) is 0 Å². The van der Waals surface area contributed by atoms with Crippen LogP contribution in [0, 0.1) is 0 Å². The summed E-state index contributed by atoms with van der Waals surface area (Å²) in [5, 5.41) is 0. The Balaban J connectivity index is -0.0000000275. The summed E-state index contributed by atoms with van der Waals surface area (Å²) < 4.78 is 24.8. The third-order valence-electron chi connectivity index (χ3n) is 0. The van der Waals surface area contributed by atoms with E-state index in [1.165, 1.54) is 0 Å². The molecule has 6 heteroatoms. The monoisotopic (exact) mass is 222 g/mol. The zero-order valence-corrected chi connectivity index (χ0v) is 7.14. The van der Waals surface area contributed by atoms with Crippen molar-refractivity contribution in [2.45, 2.75) is 0 Å². The van der Waals surface area contributed by atoms with Crippen molar-refractivity contribution < 1.29 is 54.9 Å². The van der Waals surface area contributed by atoms with Crippen LogP contribution in [0.4, 0.5) is 0 Å². The molecule has 0 N–H and O–H groups in total. The van der Waals surface area contributed by atoms with Gasteiger partial charge in [-0.1, -0.05) is 0 Å². The molecule has 0 aromatic rings. The van der Waals surface area contributed by atoms with Gasteiger partial charge in [-0.2, -0.15) is 0 Å². The first kappa shape index (κ1) is 15.7. The van der Waals surface area contributed by atoms with E-state index in [1.54, 1.807) is 0 Å². The molecule has 0 saturated heterocycles. The van der Waals surface area contributed by atoms with E-state index >= 15 is 0 Å². The molecule has 0 aliphatic rings. The molecule has 0 fully saturated rings. The zero-order chi connectivity index (χ0) is 4.71. The molecule has 0 aliphatic heterocycles. The van der Waals surface area contributed by atoms with E-state index in [-0.39, 0.29) is 26.2 Å². The van der Waals surface area contributed by atoms with E-state index in [1.807, 2.05) is 15.9 Å². The van der Waals surface area contributed by atoms with Crippen LogP contribution in [-0.4, -0.2) is 9.29 Å². The molecule has 3 nitrogen and oxygen atoms in total. The summed E-state index contributed by atoms with van der Waals surface area (Å²) in [4.78, 5) is 0. The van der Waals surface area contributed by atoms with Crippen LogP contribution in [0.2, 0.25) is 0 Å². The maximum Gasteiger partial charge on any atom is 0 e. The maximum atomic E-state index is 8.40. The Hall–Kier alpha value is 1.02. The second-order valence-corrected chi connectivity index (χ2v) is 0.250. The molecule has 0 aromatic carbocycles. The van der Waals surface area contributed by atoms with E-state index in [9.17, 15) is 0 Å². The van der Waals surface area contributed by atoms with Crippen molar-refractivity contribution in [1.29, 1.82) is 0 Å². The fourth-order valence-corrected chi connectivity index (χ4v) is 0. The van der Waals surface area contributed by atoms with Gasteiger partial charge in [0.25, 0.3) is 0 Å². The minimum absolute atomic E-state index is 0. The topological polar surface area (TPSA) is 51.2 Å². The largest absolute Gasteiger partial charge is 0 e. The summed E-state index contributed by atoms with van der Waals surface area (Å²) in [7, 11) is -1.42. The Morgan fingerprint density at radius 2 is 1.17 bits per heavy atom. The van der Waals surface area contributed by atoms with Crippen molar-refractivity contribution in [3.63, 3.8) is 0 Å². The Morgan fingerprint density at radius 3 is 1.17 bits per heavy atom. The summed E-state index contributed by atoms with van der Waals surface area (Å²) in [5.74, 6) is 0. The Labute approximate surface area is 64.0 Å². The molecule has 0 saturated carbocycles. The summed E-state index contributed by atoms with van der Waals surface area (Å²) in [5.41, 5.74) is 0. The molecule has 0 spiro atoms. The van der Waals surface area contributed by atoms with E-state index in [4.69, 9.17) is 12.8 Å². The van der Waals surface area contributed by atoms with Crippen LogP contribution in [0.15, 0.2) is 0 Å². The minimum atomic E-state index is -1.42. The molecule has 0 bridgehead atoms. The molecule has 34 valence electrons. The Bertz CT molecular complexity index is 40.1. The maximum absolute atomic E-state index is 8.40. The van der Waals surface area contributed by atoms with Crippen molar-refractivity contribution in [1.82, 2.24) is 0 Å². The number of hydrogen-bond acceptors (Lipinski definition) is 3. The normalized spacial score (nSPS) is 2.17. The summed E-state index contributed by atoms with van der Waals surface area (Å²) >= 11 is 2.00. The van der Waals surface area contributed by atoms with Crippen molar-refractivity contribution in [3.8, 4) is 0 Å². The van der Waals surface area contributed by atoms with Crippen molar-refractivity contribution in [3.05, 3.63) is 0 Å². The molecular formula is FeO3SiZr. The Kier molecular flexibility index (Phi) is 97.6. The van der Waals surface area contributed by atoms with Gasteiger partial charge in [-0.05, 0) is 0 Å². The molecule has 0 unspecified atom stereocenters. The molecule has 0 amide bonds. The van der Waals surface area contributed by atoms with E-state index in [0.717, 1.165) is 0 Å². The van der Waals surface area contributed by atoms with Crippen LogP contribution in [0.1, 0.15) is 0 Å². The third kappa shape index (κ3) is 78.0. The fraction of sp³-hybridized carbons (Fsp3) is 0. The van der Waals surface area contributed by atoms with Crippen LogP contribution in [0.5, 0.6) is 0 Å². The zero-order valence-electron chi connectivity index (χ0n) is 2.58. The molecule has 0 atom stereocenters. The van der Waals surface area contributed by atoms with Gasteiger partial charge in [0.15, 0.2) is 0 Å². The molecule has 0 aliphatic carbocycles. The number of hydrogen-bond donors (Lipinski definition) is 0. The van der Waals surface area contributed by atoms with Gasteiger partial charge in [-0.25, -0.2) is 0 Å². The van der Waals surface area contributed by atoms with Gasteiger partial charge >= 0.3 is 29.1 Å². The van der Waals surface area contributed by atoms with Crippen LogP contribution in [-0.2, 0) is 54.9 Å². The minimum Gasteiger partial charge on any atom is 0 e. The average molecular weight is 223 g/mol. The summed E-state index contributed by atoms with van der Waals surface area (Å²) in [6, 6.07) is 0. The van der Waals surface area contributed by atoms with Crippen LogP contribution >= 0.6 is 0 Å². The van der Waals surface area contributed by atoms with Crippen LogP contribution < -0.4 is 0 Å². The van der Waals surface area contributed by atoms with Gasteiger partial charge < -0.3 is 0 Å². The van der Waals surface area contributed by atoms with Crippen molar-refractivity contribution in [2.24, 2.45) is 0 Å². The van der Waals surface area contributed by atoms with Gasteiger partial charge in [0, 0.05) is 26.2 Å². The SMILES string of the molecule is O=[Si]=O.[O]=[Fe].[Zr]. The summed E-state index contributed by atoms with van der Waals surface area (Å²) in [6.45, 7) is 0. The van der Waals surface area contributed by atoms with Gasteiger partial charge in [-0.15, -0.1) is 0 Å². The van der Waals surface area contributed by atoms with E-state index in [2.05, 4.69) is 0 Å². The predicted octanol–water partition coefficient (Wildman–Crippen LogP) is -0.742. The van der Waals surface area contributed by atoms with E-state index < -0.39 is 9.29 Å². The van der Waals surface area contributed by atoms with Gasteiger partial charge in [0.1, 0.15) is 0 Å². The molecule has 0 heterocycles. The van der Waals surface area contributed by atoms with Gasteiger partial charge in [0.2, 0.25) is 0 Å². The molecular weight excluding hydrogens is 223 g/mol. The van der Waals surface area contributed by atoms with Gasteiger partial charge in [0.05, 0.1) is 0 Å². The third-order valence-corrected chi connectivity index (χ3v) is 0. The second kappa shape index (κ2) is 37.2. The first-order chi connectivity index (χ1) is 2.41. The summed E-state index contributed by atoms with van der Waals surface area (Å²) in [6.07, 6.45) is 0. The van der Waals surface area contributed by atoms with E-state index in [0.29, 0.717) is 0 Å². The predicted molar refractivity (Wildman–Crippen MR) is 7.81 cm³/mol. The number of rotatable bonds is 0. The average Bonchev–Trinajstić information content (AvgIpc) is 1.46. The molecule has 6 heavy (non-hydrogen) atoms. The quantitative estimate of drug-likeness (QED) is 0.508. The van der Waals surface area contributed by atoms with Crippen LogP contribution in [0.25, 0.3) is 0 Å². The molecule has 0 aromatic heterocycles. The first-order valence-corrected chi connectivity index (χ1v) is 1.82. The van der Waals surface area contributed by atoms with Crippen molar-refractivity contribution >= 4 is 9.29 Å². The molecule has 0 rings (SSSR count). The standard InChI is InChI=1S/Fe.O2Si.O.Zr/c;1-3-2;;. The van der Waals surface area contributed by atoms with Crippen LogP contribution in [0.3, 0.4) is 0 Å². The smallest absolute Gasteiger partial charge is 0 e. The fourth-order valence-electron chi connectivity index (χ4n) is 0. The Morgan fingerprint density at radius 1 is 1.17 bits per heavy atom. The second-order valence-electron chi connectivity index (χ2n) is 0.0833. The van der Waals surface area contributed by atoms with Gasteiger partial charge in [-0.3, -0.25) is 8.92 Å². The molecule has 0 radical (unpaired) electrons.